The molecule has 17 heavy (non-hydrogen) atoms. The minimum atomic E-state index is -0.575. The summed E-state index contributed by atoms with van der Waals surface area (Å²) in [7, 11) is 0. The van der Waals surface area contributed by atoms with Gasteiger partial charge in [-0.3, -0.25) is 19.7 Å². The number of amides is 3. The standard InChI is InChI=1S/C11H19N3O3/c1-4-12-7(2)5-10(16)14-6-9(15)13-11(17)8(14)3/h7-8,12H,4-6H2,1-3H3,(H,13,15,17). The van der Waals surface area contributed by atoms with Crippen molar-refractivity contribution in [1.82, 2.24) is 15.5 Å². The molecule has 2 N–H and O–H groups in total. The molecular weight excluding hydrogens is 222 g/mol. The zero-order chi connectivity index (χ0) is 13.0. The molecule has 6 heteroatoms. The molecule has 1 fully saturated rings. The number of hydrogen-bond donors (Lipinski definition) is 2. The quantitative estimate of drug-likeness (QED) is 0.635. The Balaban J connectivity index is 2.61. The highest BCUT2D eigenvalue weighted by Gasteiger charge is 2.33. The van der Waals surface area contributed by atoms with Gasteiger partial charge in [0.2, 0.25) is 17.7 Å². The maximum atomic E-state index is 11.9. The van der Waals surface area contributed by atoms with Crippen molar-refractivity contribution < 1.29 is 14.4 Å². The third kappa shape index (κ3) is 3.52. The molecule has 3 amide bonds. The summed E-state index contributed by atoms with van der Waals surface area (Å²) < 4.78 is 0. The van der Waals surface area contributed by atoms with Gasteiger partial charge < -0.3 is 10.2 Å². The van der Waals surface area contributed by atoms with E-state index in [4.69, 9.17) is 0 Å². The van der Waals surface area contributed by atoms with Gasteiger partial charge in [0.15, 0.2) is 0 Å². The smallest absolute Gasteiger partial charge is 0.249 e. The fraction of sp³-hybridized carbons (Fsp3) is 0.727. The lowest BCUT2D eigenvalue weighted by atomic mass is 10.1. The minimum absolute atomic E-state index is 0.0371. The first-order valence-corrected chi connectivity index (χ1v) is 5.82. The molecule has 0 aromatic carbocycles. The van der Waals surface area contributed by atoms with Crippen LogP contribution in [0.1, 0.15) is 27.2 Å². The van der Waals surface area contributed by atoms with Crippen LogP contribution in [0, 0.1) is 0 Å². The number of rotatable bonds is 4. The zero-order valence-electron chi connectivity index (χ0n) is 10.4. The second-order valence-corrected chi connectivity index (χ2v) is 4.27. The van der Waals surface area contributed by atoms with Crippen LogP contribution < -0.4 is 10.6 Å². The van der Waals surface area contributed by atoms with Crippen molar-refractivity contribution in [3.05, 3.63) is 0 Å². The molecule has 0 aromatic rings. The van der Waals surface area contributed by atoms with Crippen molar-refractivity contribution in [3.63, 3.8) is 0 Å². The predicted molar refractivity (Wildman–Crippen MR) is 62.1 cm³/mol. The van der Waals surface area contributed by atoms with Gasteiger partial charge in [0.25, 0.3) is 0 Å². The fourth-order valence-electron chi connectivity index (χ4n) is 1.82. The summed E-state index contributed by atoms with van der Waals surface area (Å²) in [4.78, 5) is 35.9. The topological polar surface area (TPSA) is 78.5 Å². The molecule has 2 atom stereocenters. The van der Waals surface area contributed by atoms with Crippen LogP contribution in [0.4, 0.5) is 0 Å². The molecule has 0 aliphatic carbocycles. The van der Waals surface area contributed by atoms with Crippen LogP contribution in [0.25, 0.3) is 0 Å². The highest BCUT2D eigenvalue weighted by molar-refractivity contribution is 6.04. The van der Waals surface area contributed by atoms with Crippen LogP contribution in [0.5, 0.6) is 0 Å². The molecular formula is C11H19N3O3. The summed E-state index contributed by atoms with van der Waals surface area (Å²) in [5.74, 6) is -1.00. The molecule has 2 unspecified atom stereocenters. The summed E-state index contributed by atoms with van der Waals surface area (Å²) in [5, 5.41) is 5.32. The largest absolute Gasteiger partial charge is 0.322 e. The molecule has 1 heterocycles. The van der Waals surface area contributed by atoms with E-state index in [1.165, 1.54) is 4.90 Å². The summed E-state index contributed by atoms with van der Waals surface area (Å²) in [6, 6.07) is -0.534. The first kappa shape index (κ1) is 13.6. The van der Waals surface area contributed by atoms with Gasteiger partial charge in [0.05, 0.1) is 0 Å². The highest BCUT2D eigenvalue weighted by atomic mass is 16.2. The van der Waals surface area contributed by atoms with E-state index in [0.29, 0.717) is 6.42 Å². The Labute approximate surface area is 101 Å². The van der Waals surface area contributed by atoms with Gasteiger partial charge in [-0.1, -0.05) is 6.92 Å². The maximum absolute atomic E-state index is 11.9. The highest BCUT2D eigenvalue weighted by Crippen LogP contribution is 2.08. The lowest BCUT2D eigenvalue weighted by Crippen LogP contribution is -2.59. The predicted octanol–water partition coefficient (Wildman–Crippen LogP) is -0.752. The average Bonchev–Trinajstić information content (AvgIpc) is 2.23. The molecule has 1 aliphatic rings. The molecule has 0 bridgehead atoms. The van der Waals surface area contributed by atoms with E-state index in [9.17, 15) is 14.4 Å². The van der Waals surface area contributed by atoms with Crippen molar-refractivity contribution in [2.75, 3.05) is 13.1 Å². The fourth-order valence-corrected chi connectivity index (χ4v) is 1.82. The Morgan fingerprint density at radius 2 is 2.24 bits per heavy atom. The molecule has 0 saturated carbocycles. The minimum Gasteiger partial charge on any atom is -0.322 e. The van der Waals surface area contributed by atoms with Crippen LogP contribution >= 0.6 is 0 Å². The number of carbonyl (C=O) groups excluding carboxylic acids is 3. The van der Waals surface area contributed by atoms with E-state index in [2.05, 4.69) is 10.6 Å². The van der Waals surface area contributed by atoms with Crippen LogP contribution in [-0.4, -0.2) is 47.8 Å². The van der Waals surface area contributed by atoms with Crippen LogP contribution in [0.15, 0.2) is 0 Å². The van der Waals surface area contributed by atoms with E-state index in [1.54, 1.807) is 6.92 Å². The summed E-state index contributed by atoms with van der Waals surface area (Å²) in [5.41, 5.74) is 0. The van der Waals surface area contributed by atoms with E-state index in [0.717, 1.165) is 6.54 Å². The molecule has 0 aromatic heterocycles. The number of nitrogens with zero attached hydrogens (tertiary/aromatic N) is 1. The molecule has 1 aliphatic heterocycles. The normalized spacial score (nSPS) is 22.3. The first-order chi connectivity index (χ1) is 7.95. The number of imide groups is 1. The van der Waals surface area contributed by atoms with Crippen molar-refractivity contribution >= 4 is 17.7 Å². The molecule has 6 nitrogen and oxygen atoms in total. The van der Waals surface area contributed by atoms with Crippen molar-refractivity contribution in [2.45, 2.75) is 39.3 Å². The molecule has 0 spiro atoms. The van der Waals surface area contributed by atoms with Gasteiger partial charge in [-0.15, -0.1) is 0 Å². The lowest BCUT2D eigenvalue weighted by molar-refractivity contribution is -0.149. The number of carbonyl (C=O) groups is 3. The number of piperazine rings is 1. The molecule has 0 radical (unpaired) electrons. The van der Waals surface area contributed by atoms with Gasteiger partial charge in [-0.2, -0.15) is 0 Å². The van der Waals surface area contributed by atoms with Crippen molar-refractivity contribution in [2.24, 2.45) is 0 Å². The summed E-state index contributed by atoms with van der Waals surface area (Å²) in [6.07, 6.45) is 0.290. The van der Waals surface area contributed by atoms with E-state index in [1.807, 2.05) is 13.8 Å². The van der Waals surface area contributed by atoms with E-state index >= 15 is 0 Å². The Kier molecular flexibility index (Phi) is 4.62. The van der Waals surface area contributed by atoms with Gasteiger partial charge in [-0.25, -0.2) is 0 Å². The Morgan fingerprint density at radius 3 is 2.82 bits per heavy atom. The molecule has 96 valence electrons. The van der Waals surface area contributed by atoms with E-state index < -0.39 is 17.9 Å². The SMILES string of the molecule is CCNC(C)CC(=O)N1CC(=O)NC(=O)C1C. The Hall–Kier alpha value is -1.43. The Bertz CT molecular complexity index is 330. The summed E-state index contributed by atoms with van der Waals surface area (Å²) >= 11 is 0. The maximum Gasteiger partial charge on any atom is 0.249 e. The van der Waals surface area contributed by atoms with Gasteiger partial charge in [0, 0.05) is 12.5 Å². The Morgan fingerprint density at radius 1 is 1.59 bits per heavy atom. The zero-order valence-corrected chi connectivity index (χ0v) is 10.4. The third-order valence-corrected chi connectivity index (χ3v) is 2.78. The van der Waals surface area contributed by atoms with Gasteiger partial charge >= 0.3 is 0 Å². The van der Waals surface area contributed by atoms with Crippen molar-refractivity contribution in [3.8, 4) is 0 Å². The van der Waals surface area contributed by atoms with Crippen LogP contribution in [0.2, 0.25) is 0 Å². The van der Waals surface area contributed by atoms with Crippen LogP contribution in [0.3, 0.4) is 0 Å². The van der Waals surface area contributed by atoms with Gasteiger partial charge in [-0.05, 0) is 20.4 Å². The second-order valence-electron chi connectivity index (χ2n) is 4.27. The monoisotopic (exact) mass is 241 g/mol. The van der Waals surface area contributed by atoms with Crippen LogP contribution in [-0.2, 0) is 14.4 Å². The van der Waals surface area contributed by atoms with Crippen molar-refractivity contribution in [1.29, 1.82) is 0 Å². The average molecular weight is 241 g/mol. The molecule has 1 saturated heterocycles. The first-order valence-electron chi connectivity index (χ1n) is 5.82. The number of nitrogens with one attached hydrogen (secondary N) is 2. The number of hydrogen-bond acceptors (Lipinski definition) is 4. The third-order valence-electron chi connectivity index (χ3n) is 2.78. The lowest BCUT2D eigenvalue weighted by Gasteiger charge is -2.32. The summed E-state index contributed by atoms with van der Waals surface area (Å²) in [6.45, 7) is 6.23. The second kappa shape index (κ2) is 5.77. The van der Waals surface area contributed by atoms with E-state index in [-0.39, 0.29) is 18.5 Å². The van der Waals surface area contributed by atoms with Gasteiger partial charge in [0.1, 0.15) is 12.6 Å². The molecule has 1 rings (SSSR count).